The quantitative estimate of drug-likeness (QED) is 0.685. The van der Waals surface area contributed by atoms with E-state index in [1.165, 1.54) is 5.56 Å². The van der Waals surface area contributed by atoms with Crippen LogP contribution in [0.3, 0.4) is 0 Å². The molecule has 4 rings (SSSR count). The van der Waals surface area contributed by atoms with Crippen molar-refractivity contribution in [2.45, 2.75) is 26.8 Å². The van der Waals surface area contributed by atoms with Gasteiger partial charge >= 0.3 is 0 Å². The number of aromatic nitrogens is 4. The molecular weight excluding hydrogens is 376 g/mol. The van der Waals surface area contributed by atoms with Gasteiger partial charge in [0.05, 0.1) is 5.70 Å². The number of carbonyl (C=O) groups is 1. The summed E-state index contributed by atoms with van der Waals surface area (Å²) >= 11 is 0. The summed E-state index contributed by atoms with van der Waals surface area (Å²) in [4.78, 5) is 14.5. The number of aryl methyl sites for hydroxylation is 1. The van der Waals surface area contributed by atoms with Crippen molar-refractivity contribution in [2.75, 3.05) is 18.0 Å². The van der Waals surface area contributed by atoms with Gasteiger partial charge in [0, 0.05) is 6.54 Å². The minimum atomic E-state index is -0.152. The molecule has 0 bridgehead atoms. The predicted molar refractivity (Wildman–Crippen MR) is 117 cm³/mol. The summed E-state index contributed by atoms with van der Waals surface area (Å²) in [6, 6.07) is 18.2. The fourth-order valence-corrected chi connectivity index (χ4v) is 3.50. The lowest BCUT2D eigenvalue weighted by Crippen LogP contribution is -2.41. The zero-order valence-electron chi connectivity index (χ0n) is 17.5. The second-order valence-corrected chi connectivity index (χ2v) is 7.98. The van der Waals surface area contributed by atoms with Gasteiger partial charge in [-0.2, -0.15) is 4.68 Å². The van der Waals surface area contributed by atoms with E-state index in [1.54, 1.807) is 4.68 Å². The number of fused-ring (bicyclic) bond motifs is 1. The molecule has 30 heavy (non-hydrogen) atoms. The molecule has 1 aromatic heterocycles. The van der Waals surface area contributed by atoms with Crippen LogP contribution in [0.25, 0.3) is 5.70 Å². The number of hydrogen-bond donors (Lipinski definition) is 1. The van der Waals surface area contributed by atoms with Crippen LogP contribution in [-0.2, 0) is 4.79 Å². The summed E-state index contributed by atoms with van der Waals surface area (Å²) in [5.41, 5.74) is 4.22. The van der Waals surface area contributed by atoms with E-state index in [4.69, 9.17) is 0 Å². The van der Waals surface area contributed by atoms with Gasteiger partial charge in [-0.05, 0) is 40.5 Å². The van der Waals surface area contributed by atoms with Crippen LogP contribution >= 0.6 is 0 Å². The van der Waals surface area contributed by atoms with Crippen molar-refractivity contribution in [1.82, 2.24) is 25.5 Å². The maximum Gasteiger partial charge on any atom is 0.251 e. The third kappa shape index (κ3) is 4.10. The van der Waals surface area contributed by atoms with Crippen molar-refractivity contribution in [2.24, 2.45) is 5.92 Å². The number of hydrogen-bond acceptors (Lipinski definition) is 5. The van der Waals surface area contributed by atoms with Gasteiger partial charge in [0.15, 0.2) is 0 Å². The molecule has 154 valence electrons. The van der Waals surface area contributed by atoms with Gasteiger partial charge in [-0.1, -0.05) is 79.1 Å². The summed E-state index contributed by atoms with van der Waals surface area (Å²) in [6.45, 7) is 6.99. The molecule has 0 aliphatic carbocycles. The lowest BCUT2D eigenvalue weighted by atomic mass is 10.00. The van der Waals surface area contributed by atoms with Crippen molar-refractivity contribution < 1.29 is 4.79 Å². The monoisotopic (exact) mass is 402 g/mol. The van der Waals surface area contributed by atoms with Crippen molar-refractivity contribution >= 4 is 17.6 Å². The van der Waals surface area contributed by atoms with Crippen LogP contribution < -0.4 is 10.2 Å². The third-order valence-corrected chi connectivity index (χ3v) is 5.08. The molecule has 1 amide bonds. The van der Waals surface area contributed by atoms with E-state index in [0.29, 0.717) is 18.4 Å². The minimum Gasteiger partial charge on any atom is -0.354 e. The van der Waals surface area contributed by atoms with Gasteiger partial charge in [-0.3, -0.25) is 9.69 Å². The molecule has 1 N–H and O–H groups in total. The Kier molecular flexibility index (Phi) is 5.61. The number of anilines is 1. The largest absolute Gasteiger partial charge is 0.354 e. The normalized spacial score (nSPS) is 15.7. The van der Waals surface area contributed by atoms with Crippen molar-refractivity contribution in [1.29, 1.82) is 0 Å². The fraction of sp³-hybridized carbons (Fsp3) is 0.304. The Bertz CT molecular complexity index is 1040. The summed E-state index contributed by atoms with van der Waals surface area (Å²) in [5.74, 6) is 0.881. The number of nitrogens with zero attached hydrogens (tertiary/aromatic N) is 5. The average molecular weight is 403 g/mol. The van der Waals surface area contributed by atoms with Gasteiger partial charge < -0.3 is 5.32 Å². The summed E-state index contributed by atoms with van der Waals surface area (Å²) in [6.07, 6.45) is 2.12. The van der Waals surface area contributed by atoms with Crippen LogP contribution in [0.1, 0.15) is 36.6 Å². The topological polar surface area (TPSA) is 75.9 Å². The van der Waals surface area contributed by atoms with E-state index in [2.05, 4.69) is 72.0 Å². The predicted octanol–water partition coefficient (Wildman–Crippen LogP) is 3.20. The fourth-order valence-electron chi connectivity index (χ4n) is 3.50. The van der Waals surface area contributed by atoms with Crippen molar-refractivity contribution in [3.8, 4) is 0 Å². The average Bonchev–Trinajstić information content (AvgIpc) is 3.24. The van der Waals surface area contributed by atoms with Gasteiger partial charge in [0.2, 0.25) is 5.91 Å². The highest BCUT2D eigenvalue weighted by Crippen LogP contribution is 2.35. The van der Waals surface area contributed by atoms with Crippen LogP contribution in [0.4, 0.5) is 5.95 Å². The Morgan fingerprint density at radius 3 is 2.53 bits per heavy atom. The lowest BCUT2D eigenvalue weighted by Gasteiger charge is -2.32. The molecule has 2 heterocycles. The molecular formula is C23H26N6O. The number of rotatable bonds is 6. The van der Waals surface area contributed by atoms with Crippen molar-refractivity contribution in [3.63, 3.8) is 0 Å². The summed E-state index contributed by atoms with van der Waals surface area (Å²) in [7, 11) is 0. The van der Waals surface area contributed by atoms with E-state index in [0.717, 1.165) is 16.8 Å². The van der Waals surface area contributed by atoms with Gasteiger partial charge in [-0.15, -0.1) is 0 Å². The first-order chi connectivity index (χ1) is 14.5. The van der Waals surface area contributed by atoms with Crippen LogP contribution in [-0.4, -0.2) is 39.2 Å². The van der Waals surface area contributed by atoms with E-state index in [-0.39, 0.29) is 18.5 Å². The standard InChI is InChI=1S/C23H26N6O/c1-16(2)14-24-22(30)15-28-20(18-7-5-4-6-8-18)13-21(29-23(28)25-26-27-29)19-11-9-17(3)10-12-19/h4-13,16,21H,14-15H2,1-3H3,(H,24,30)/t21-/m1/s1. The van der Waals surface area contributed by atoms with E-state index in [1.807, 2.05) is 35.2 Å². The first-order valence-corrected chi connectivity index (χ1v) is 10.2. The molecule has 1 atom stereocenters. The highest BCUT2D eigenvalue weighted by atomic mass is 16.2. The molecule has 0 saturated carbocycles. The van der Waals surface area contributed by atoms with Gasteiger partial charge in [0.1, 0.15) is 12.6 Å². The lowest BCUT2D eigenvalue weighted by molar-refractivity contribution is -0.119. The number of carbonyl (C=O) groups excluding carboxylic acids is 1. The minimum absolute atomic E-state index is 0.0612. The Labute approximate surface area is 176 Å². The number of benzene rings is 2. The molecule has 3 aromatic rings. The third-order valence-electron chi connectivity index (χ3n) is 5.08. The molecule has 0 unspecified atom stereocenters. The molecule has 0 saturated heterocycles. The Balaban J connectivity index is 1.75. The zero-order chi connectivity index (χ0) is 21.1. The molecule has 0 spiro atoms. The van der Waals surface area contributed by atoms with Crippen LogP contribution in [0, 0.1) is 12.8 Å². The summed E-state index contributed by atoms with van der Waals surface area (Å²) in [5, 5.41) is 15.4. The maximum absolute atomic E-state index is 12.7. The molecule has 2 aromatic carbocycles. The summed E-state index contributed by atoms with van der Waals surface area (Å²) < 4.78 is 1.77. The molecule has 7 heteroatoms. The number of allylic oxidation sites excluding steroid dienone is 1. The second kappa shape index (κ2) is 8.49. The molecule has 1 aliphatic rings. The zero-order valence-corrected chi connectivity index (χ0v) is 17.5. The van der Waals surface area contributed by atoms with E-state index in [9.17, 15) is 4.79 Å². The van der Waals surface area contributed by atoms with E-state index >= 15 is 0 Å². The molecule has 0 fully saturated rings. The van der Waals surface area contributed by atoms with Crippen LogP contribution in [0.2, 0.25) is 0 Å². The SMILES string of the molecule is Cc1ccc([C@H]2C=C(c3ccccc3)N(CC(=O)NCC(C)C)c3nnnn32)cc1. The Morgan fingerprint density at radius 1 is 1.10 bits per heavy atom. The second-order valence-electron chi connectivity index (χ2n) is 7.98. The first kappa shape index (κ1) is 19.8. The Morgan fingerprint density at radius 2 is 1.83 bits per heavy atom. The van der Waals surface area contributed by atoms with E-state index < -0.39 is 0 Å². The van der Waals surface area contributed by atoms with Gasteiger partial charge in [0.25, 0.3) is 5.95 Å². The number of tetrazole rings is 1. The van der Waals surface area contributed by atoms with Gasteiger partial charge in [-0.25, -0.2) is 0 Å². The number of amides is 1. The van der Waals surface area contributed by atoms with Crippen LogP contribution in [0.15, 0.2) is 60.7 Å². The maximum atomic E-state index is 12.7. The van der Waals surface area contributed by atoms with Crippen molar-refractivity contribution in [3.05, 3.63) is 77.4 Å². The Hall–Kier alpha value is -3.48. The molecule has 1 aliphatic heterocycles. The first-order valence-electron chi connectivity index (χ1n) is 10.2. The molecule has 7 nitrogen and oxygen atoms in total. The smallest absolute Gasteiger partial charge is 0.251 e. The molecule has 0 radical (unpaired) electrons. The number of nitrogens with one attached hydrogen (secondary N) is 1. The highest BCUT2D eigenvalue weighted by molar-refractivity contribution is 5.89. The van der Waals surface area contributed by atoms with Crippen LogP contribution in [0.5, 0.6) is 0 Å². The highest BCUT2D eigenvalue weighted by Gasteiger charge is 2.31.